The first-order valence-electron chi connectivity index (χ1n) is 13.8. The number of fused-ring (bicyclic) bond motifs is 4. The van der Waals surface area contributed by atoms with Gasteiger partial charge in [0.1, 0.15) is 5.76 Å². The molecule has 0 radical (unpaired) electrons. The Morgan fingerprint density at radius 2 is 2.00 bits per heavy atom. The molecule has 3 aliphatic rings. The average molecular weight is 536 g/mol. The number of hydrogen-bond donors (Lipinski definition) is 2. The average Bonchev–Trinajstić information content (AvgIpc) is 2.93. The Balaban J connectivity index is 1.50. The summed E-state index contributed by atoms with van der Waals surface area (Å²) in [5.41, 5.74) is 7.23. The molecule has 1 heterocycles. The van der Waals surface area contributed by atoms with Gasteiger partial charge in [-0.25, -0.2) is 4.79 Å². The zero-order valence-corrected chi connectivity index (χ0v) is 22.6. The first-order valence-corrected chi connectivity index (χ1v) is 13.8. The maximum atomic E-state index is 13.5. The highest BCUT2D eigenvalue weighted by Gasteiger charge is 2.48. The summed E-state index contributed by atoms with van der Waals surface area (Å²) in [5, 5.41) is 12.0. The van der Waals surface area contributed by atoms with Crippen molar-refractivity contribution in [3.05, 3.63) is 71.0 Å². The van der Waals surface area contributed by atoms with Crippen LogP contribution in [-0.4, -0.2) is 42.4 Å². The minimum atomic E-state index is -1.26. The smallest absolute Gasteiger partial charge is 0.357 e. The lowest BCUT2D eigenvalue weighted by Crippen LogP contribution is -2.48. The SMILES string of the molecule is COc1ccc2c3c1O[C@@H]1C[C@@](O)(CC=C1OC(=O)[C@H](OC(=O)CCN)c1ccccc1)[C@@H](C2)C(C)CCC3. The van der Waals surface area contributed by atoms with Crippen molar-refractivity contribution >= 4 is 11.9 Å². The van der Waals surface area contributed by atoms with Crippen LogP contribution in [0.3, 0.4) is 0 Å². The van der Waals surface area contributed by atoms with Crippen LogP contribution in [-0.2, 0) is 31.9 Å². The molecule has 0 fully saturated rings. The summed E-state index contributed by atoms with van der Waals surface area (Å²) < 4.78 is 23.7. The van der Waals surface area contributed by atoms with E-state index in [0.717, 1.165) is 36.8 Å². The minimum absolute atomic E-state index is 0.0173. The van der Waals surface area contributed by atoms with Gasteiger partial charge in [0, 0.05) is 24.1 Å². The molecule has 1 aliphatic heterocycles. The van der Waals surface area contributed by atoms with Crippen molar-refractivity contribution in [1.82, 2.24) is 0 Å². The van der Waals surface area contributed by atoms with Gasteiger partial charge >= 0.3 is 11.9 Å². The summed E-state index contributed by atoms with van der Waals surface area (Å²) in [6.45, 7) is 2.32. The van der Waals surface area contributed by atoms with Crippen LogP contribution in [0.5, 0.6) is 11.5 Å². The Kier molecular flexibility index (Phi) is 7.96. The molecular weight excluding hydrogens is 498 g/mol. The summed E-state index contributed by atoms with van der Waals surface area (Å²) in [6.07, 6.45) is 3.94. The Labute approximate surface area is 229 Å². The molecule has 0 spiro atoms. The van der Waals surface area contributed by atoms with E-state index in [2.05, 4.69) is 13.0 Å². The molecule has 5 atom stereocenters. The van der Waals surface area contributed by atoms with Gasteiger partial charge < -0.3 is 29.8 Å². The van der Waals surface area contributed by atoms with Crippen molar-refractivity contribution in [2.75, 3.05) is 13.7 Å². The van der Waals surface area contributed by atoms with Crippen LogP contribution >= 0.6 is 0 Å². The largest absolute Gasteiger partial charge is 0.493 e. The number of methoxy groups -OCH3 is 1. The maximum absolute atomic E-state index is 13.5. The van der Waals surface area contributed by atoms with Crippen LogP contribution in [0.15, 0.2) is 54.3 Å². The molecule has 39 heavy (non-hydrogen) atoms. The lowest BCUT2D eigenvalue weighted by Gasteiger charge is -2.43. The molecular formula is C31H37NO7. The minimum Gasteiger partial charge on any atom is -0.493 e. The number of aliphatic hydroxyl groups is 1. The fourth-order valence-electron chi connectivity index (χ4n) is 6.29. The highest BCUT2D eigenvalue weighted by molar-refractivity contribution is 5.81. The number of esters is 2. The van der Waals surface area contributed by atoms with Gasteiger partial charge in [-0.2, -0.15) is 0 Å². The first kappa shape index (κ1) is 27.2. The second kappa shape index (κ2) is 11.4. The number of hydrogen-bond acceptors (Lipinski definition) is 8. The van der Waals surface area contributed by atoms with Gasteiger partial charge in [0.05, 0.1) is 19.1 Å². The van der Waals surface area contributed by atoms with Crippen molar-refractivity contribution in [3.63, 3.8) is 0 Å². The zero-order valence-electron chi connectivity index (χ0n) is 22.6. The van der Waals surface area contributed by atoms with Crippen LogP contribution in [0.1, 0.15) is 61.8 Å². The molecule has 208 valence electrons. The Hall–Kier alpha value is -3.36. The van der Waals surface area contributed by atoms with Crippen molar-refractivity contribution in [1.29, 1.82) is 0 Å². The summed E-state index contributed by atoms with van der Waals surface area (Å²) in [6, 6.07) is 12.7. The van der Waals surface area contributed by atoms with E-state index in [0.29, 0.717) is 35.2 Å². The van der Waals surface area contributed by atoms with Crippen molar-refractivity contribution in [2.24, 2.45) is 17.6 Å². The molecule has 0 saturated heterocycles. The normalized spacial score (nSPS) is 26.4. The van der Waals surface area contributed by atoms with E-state index >= 15 is 0 Å². The summed E-state index contributed by atoms with van der Waals surface area (Å²) >= 11 is 0. The molecule has 8 heteroatoms. The third-order valence-electron chi connectivity index (χ3n) is 8.35. The molecule has 6 bridgehead atoms. The highest BCUT2D eigenvalue weighted by Crippen LogP contribution is 2.48. The fourth-order valence-corrected chi connectivity index (χ4v) is 6.29. The van der Waals surface area contributed by atoms with E-state index in [4.69, 9.17) is 24.7 Å². The molecule has 8 nitrogen and oxygen atoms in total. The number of ether oxygens (including phenoxy) is 4. The van der Waals surface area contributed by atoms with E-state index in [1.54, 1.807) is 37.5 Å². The second-order valence-electron chi connectivity index (χ2n) is 10.9. The quantitative estimate of drug-likeness (QED) is 0.508. The lowest BCUT2D eigenvalue weighted by atomic mass is 9.67. The van der Waals surface area contributed by atoms with Crippen LogP contribution in [0.25, 0.3) is 0 Å². The van der Waals surface area contributed by atoms with Gasteiger partial charge in [-0.15, -0.1) is 0 Å². The highest BCUT2D eigenvalue weighted by atomic mass is 16.6. The third-order valence-corrected chi connectivity index (χ3v) is 8.35. The number of carbonyl (C=O) groups excluding carboxylic acids is 2. The summed E-state index contributed by atoms with van der Waals surface area (Å²) in [5.74, 6) is 0.553. The third kappa shape index (κ3) is 5.54. The van der Waals surface area contributed by atoms with E-state index < -0.39 is 29.7 Å². The van der Waals surface area contributed by atoms with E-state index in [9.17, 15) is 14.7 Å². The molecule has 0 aromatic heterocycles. The van der Waals surface area contributed by atoms with Gasteiger partial charge in [0.15, 0.2) is 17.6 Å². The van der Waals surface area contributed by atoms with E-state index in [-0.39, 0.29) is 25.3 Å². The second-order valence-corrected chi connectivity index (χ2v) is 10.9. The Bertz CT molecular complexity index is 1240. The molecule has 0 amide bonds. The summed E-state index contributed by atoms with van der Waals surface area (Å²) in [7, 11) is 1.61. The zero-order chi connectivity index (χ0) is 27.6. The van der Waals surface area contributed by atoms with Crippen LogP contribution in [0.2, 0.25) is 0 Å². The summed E-state index contributed by atoms with van der Waals surface area (Å²) in [4.78, 5) is 25.8. The molecule has 0 saturated carbocycles. The Morgan fingerprint density at radius 1 is 1.21 bits per heavy atom. The predicted octanol–water partition coefficient (Wildman–Crippen LogP) is 4.17. The molecule has 1 unspecified atom stereocenters. The van der Waals surface area contributed by atoms with Crippen molar-refractivity contribution in [2.45, 2.75) is 69.7 Å². The fraction of sp³-hybridized carbons (Fsp3) is 0.484. The van der Waals surface area contributed by atoms with Gasteiger partial charge in [-0.1, -0.05) is 49.7 Å². The Morgan fingerprint density at radius 3 is 2.74 bits per heavy atom. The predicted molar refractivity (Wildman–Crippen MR) is 144 cm³/mol. The molecule has 2 aliphatic carbocycles. The number of rotatable bonds is 7. The maximum Gasteiger partial charge on any atom is 0.357 e. The van der Waals surface area contributed by atoms with Gasteiger partial charge in [-0.05, 0) is 55.2 Å². The molecule has 5 rings (SSSR count). The number of nitrogens with two attached hydrogens (primary N) is 1. The molecule has 2 aromatic rings. The van der Waals surface area contributed by atoms with Gasteiger partial charge in [0.2, 0.25) is 6.10 Å². The van der Waals surface area contributed by atoms with Gasteiger partial charge in [0.25, 0.3) is 0 Å². The van der Waals surface area contributed by atoms with E-state index in [1.165, 1.54) is 0 Å². The van der Waals surface area contributed by atoms with Crippen molar-refractivity contribution < 1.29 is 33.6 Å². The lowest BCUT2D eigenvalue weighted by molar-refractivity contribution is -0.167. The first-order chi connectivity index (χ1) is 18.8. The van der Waals surface area contributed by atoms with Crippen LogP contribution in [0.4, 0.5) is 0 Å². The van der Waals surface area contributed by atoms with Crippen molar-refractivity contribution in [3.8, 4) is 11.5 Å². The standard InChI is InChI=1S/C31H37NO7/c1-19-7-6-10-22-21-11-12-25(36-2)29(22)37-26-18-31(35,23(19)17-21)15-13-24(26)38-30(34)28(39-27(33)14-16-32)20-8-4-3-5-9-20/h3-5,8-9,11-13,19,23,26,28,35H,6-7,10,14-18,32H2,1-2H3/t19?,23-,26+,28+,31-/m0/s1. The monoisotopic (exact) mass is 535 g/mol. The topological polar surface area (TPSA) is 117 Å². The molecule has 2 aromatic carbocycles. The number of benzene rings is 2. The molecule has 3 N–H and O–H groups in total. The number of carbonyl (C=O) groups is 2. The van der Waals surface area contributed by atoms with E-state index in [1.807, 2.05) is 12.1 Å². The van der Waals surface area contributed by atoms with Crippen LogP contribution in [0, 0.1) is 11.8 Å². The van der Waals surface area contributed by atoms with Gasteiger partial charge in [-0.3, -0.25) is 4.79 Å². The van der Waals surface area contributed by atoms with Crippen LogP contribution < -0.4 is 15.2 Å².